The first kappa shape index (κ1) is 12.8. The Labute approximate surface area is 106 Å². The van der Waals surface area contributed by atoms with E-state index in [0.29, 0.717) is 12.6 Å². The molecular weight excluding hydrogens is 230 g/mol. The van der Waals surface area contributed by atoms with E-state index in [1.54, 1.807) is 10.9 Å². The van der Waals surface area contributed by atoms with Crippen LogP contribution >= 0.6 is 0 Å². The van der Waals surface area contributed by atoms with Crippen molar-refractivity contribution in [2.24, 2.45) is 0 Å². The Bertz CT molecular complexity index is 451. The second-order valence-electron chi connectivity index (χ2n) is 4.35. The minimum absolute atomic E-state index is 0.115. The van der Waals surface area contributed by atoms with Crippen LogP contribution in [0.15, 0.2) is 30.9 Å². The van der Waals surface area contributed by atoms with Crippen molar-refractivity contribution >= 4 is 0 Å². The summed E-state index contributed by atoms with van der Waals surface area (Å²) in [4.78, 5) is 0. The Balaban J connectivity index is 1.76. The zero-order valence-corrected chi connectivity index (χ0v) is 10.5. The maximum Gasteiger partial charge on any atom is 0.0640 e. The van der Waals surface area contributed by atoms with E-state index in [1.165, 1.54) is 0 Å². The Hall–Kier alpha value is -1.66. The lowest BCUT2D eigenvalue weighted by Gasteiger charge is -2.12. The average Bonchev–Trinajstić information content (AvgIpc) is 2.99. The van der Waals surface area contributed by atoms with Gasteiger partial charge in [0.15, 0.2) is 0 Å². The van der Waals surface area contributed by atoms with Gasteiger partial charge in [0.25, 0.3) is 0 Å². The zero-order valence-electron chi connectivity index (χ0n) is 10.5. The largest absolute Gasteiger partial charge is 0.394 e. The second-order valence-corrected chi connectivity index (χ2v) is 4.35. The molecule has 0 saturated carbocycles. The van der Waals surface area contributed by atoms with Crippen molar-refractivity contribution in [3.63, 3.8) is 0 Å². The van der Waals surface area contributed by atoms with E-state index in [1.807, 2.05) is 29.3 Å². The minimum Gasteiger partial charge on any atom is -0.394 e. The number of rotatable bonds is 7. The molecule has 0 bridgehead atoms. The molecule has 18 heavy (non-hydrogen) atoms. The molecule has 0 spiro atoms. The van der Waals surface area contributed by atoms with Gasteiger partial charge in [-0.05, 0) is 13.0 Å². The SMILES string of the molecule is CC(Cn1cccn1)NCc1cnn(CCO)c1. The summed E-state index contributed by atoms with van der Waals surface area (Å²) in [5.41, 5.74) is 1.12. The zero-order chi connectivity index (χ0) is 12.8. The molecule has 0 aromatic carbocycles. The van der Waals surface area contributed by atoms with Crippen LogP contribution in [-0.2, 0) is 19.6 Å². The van der Waals surface area contributed by atoms with Crippen LogP contribution in [0.5, 0.6) is 0 Å². The lowest BCUT2D eigenvalue weighted by Crippen LogP contribution is -2.30. The third-order valence-electron chi connectivity index (χ3n) is 2.69. The van der Waals surface area contributed by atoms with E-state index in [-0.39, 0.29) is 6.61 Å². The second kappa shape index (κ2) is 6.32. The Kier molecular flexibility index (Phi) is 4.49. The smallest absolute Gasteiger partial charge is 0.0640 e. The van der Waals surface area contributed by atoms with Gasteiger partial charge >= 0.3 is 0 Å². The topological polar surface area (TPSA) is 67.9 Å². The van der Waals surface area contributed by atoms with E-state index in [0.717, 1.165) is 18.7 Å². The fraction of sp³-hybridized carbons (Fsp3) is 0.500. The molecule has 2 N–H and O–H groups in total. The van der Waals surface area contributed by atoms with Crippen molar-refractivity contribution in [3.05, 3.63) is 36.4 Å². The molecule has 2 rings (SSSR count). The molecule has 6 heteroatoms. The predicted octanol–water partition coefficient (Wildman–Crippen LogP) is 0.250. The lowest BCUT2D eigenvalue weighted by atomic mass is 10.3. The summed E-state index contributed by atoms with van der Waals surface area (Å²) in [5, 5.41) is 20.6. The molecule has 0 aliphatic carbocycles. The summed E-state index contributed by atoms with van der Waals surface area (Å²) in [6.07, 6.45) is 7.51. The van der Waals surface area contributed by atoms with Crippen LogP contribution in [0.2, 0.25) is 0 Å². The molecule has 2 aromatic rings. The van der Waals surface area contributed by atoms with Crippen molar-refractivity contribution < 1.29 is 5.11 Å². The molecule has 0 saturated heterocycles. The van der Waals surface area contributed by atoms with Gasteiger partial charge in [0.2, 0.25) is 0 Å². The highest BCUT2D eigenvalue weighted by atomic mass is 16.3. The summed E-state index contributed by atoms with van der Waals surface area (Å²) in [6, 6.07) is 2.26. The Morgan fingerprint density at radius 3 is 3.00 bits per heavy atom. The average molecular weight is 249 g/mol. The normalized spacial score (nSPS) is 12.8. The van der Waals surface area contributed by atoms with Crippen molar-refractivity contribution in [1.29, 1.82) is 0 Å². The van der Waals surface area contributed by atoms with Gasteiger partial charge in [-0.25, -0.2) is 0 Å². The maximum atomic E-state index is 8.80. The van der Waals surface area contributed by atoms with E-state index in [4.69, 9.17) is 5.11 Å². The summed E-state index contributed by atoms with van der Waals surface area (Å²) in [7, 11) is 0. The first-order valence-corrected chi connectivity index (χ1v) is 6.11. The van der Waals surface area contributed by atoms with Crippen LogP contribution in [0, 0.1) is 0 Å². The predicted molar refractivity (Wildman–Crippen MR) is 67.8 cm³/mol. The number of nitrogens with zero attached hydrogens (tertiary/aromatic N) is 4. The van der Waals surface area contributed by atoms with Crippen LogP contribution in [0.25, 0.3) is 0 Å². The molecule has 1 unspecified atom stereocenters. The third-order valence-corrected chi connectivity index (χ3v) is 2.69. The van der Waals surface area contributed by atoms with E-state index < -0.39 is 0 Å². The number of aliphatic hydroxyl groups excluding tert-OH is 1. The molecule has 0 fully saturated rings. The number of nitrogens with one attached hydrogen (secondary N) is 1. The quantitative estimate of drug-likeness (QED) is 0.738. The molecule has 0 aliphatic rings. The first-order valence-electron chi connectivity index (χ1n) is 6.11. The van der Waals surface area contributed by atoms with Crippen molar-refractivity contribution in [2.45, 2.75) is 32.6 Å². The fourth-order valence-corrected chi connectivity index (χ4v) is 1.77. The maximum absolute atomic E-state index is 8.80. The minimum atomic E-state index is 0.115. The highest BCUT2D eigenvalue weighted by Gasteiger charge is 2.04. The number of aliphatic hydroxyl groups is 1. The van der Waals surface area contributed by atoms with Gasteiger partial charge in [0, 0.05) is 36.7 Å². The van der Waals surface area contributed by atoms with Gasteiger partial charge in [-0.3, -0.25) is 9.36 Å². The van der Waals surface area contributed by atoms with Gasteiger partial charge in [0.05, 0.1) is 25.9 Å². The standard InChI is InChI=1S/C12H19N5O/c1-11(9-16-4-2-3-14-16)13-7-12-8-15-17(10-12)5-6-18/h2-4,8,10-11,13,18H,5-7,9H2,1H3. The molecular formula is C12H19N5O. The van der Waals surface area contributed by atoms with Crippen molar-refractivity contribution in [2.75, 3.05) is 6.61 Å². The summed E-state index contributed by atoms with van der Waals surface area (Å²) >= 11 is 0. The van der Waals surface area contributed by atoms with Gasteiger partial charge in [-0.2, -0.15) is 10.2 Å². The summed E-state index contributed by atoms with van der Waals surface area (Å²) in [5.74, 6) is 0. The van der Waals surface area contributed by atoms with Crippen LogP contribution < -0.4 is 5.32 Å². The van der Waals surface area contributed by atoms with Crippen LogP contribution in [0.1, 0.15) is 12.5 Å². The molecule has 2 aromatic heterocycles. The highest BCUT2D eigenvalue weighted by molar-refractivity contribution is 5.03. The molecule has 1 atom stereocenters. The van der Waals surface area contributed by atoms with Crippen molar-refractivity contribution in [3.8, 4) is 0 Å². The van der Waals surface area contributed by atoms with Gasteiger partial charge in [-0.15, -0.1) is 0 Å². The van der Waals surface area contributed by atoms with Gasteiger partial charge in [-0.1, -0.05) is 0 Å². The summed E-state index contributed by atoms with van der Waals surface area (Å²) in [6.45, 7) is 4.40. The van der Waals surface area contributed by atoms with E-state index in [2.05, 4.69) is 22.4 Å². The van der Waals surface area contributed by atoms with Crippen molar-refractivity contribution in [1.82, 2.24) is 24.9 Å². The fourth-order valence-electron chi connectivity index (χ4n) is 1.77. The molecule has 6 nitrogen and oxygen atoms in total. The molecule has 0 aliphatic heterocycles. The van der Waals surface area contributed by atoms with E-state index >= 15 is 0 Å². The third kappa shape index (κ3) is 3.68. The molecule has 0 amide bonds. The van der Waals surface area contributed by atoms with Crippen LogP contribution in [0.4, 0.5) is 0 Å². The monoisotopic (exact) mass is 249 g/mol. The number of aromatic nitrogens is 4. The van der Waals surface area contributed by atoms with Crippen LogP contribution in [0.3, 0.4) is 0 Å². The van der Waals surface area contributed by atoms with E-state index in [9.17, 15) is 0 Å². The Morgan fingerprint density at radius 2 is 2.28 bits per heavy atom. The lowest BCUT2D eigenvalue weighted by molar-refractivity contribution is 0.269. The van der Waals surface area contributed by atoms with Gasteiger partial charge in [0.1, 0.15) is 0 Å². The first-order chi connectivity index (χ1) is 8.78. The van der Waals surface area contributed by atoms with Crippen LogP contribution in [-0.4, -0.2) is 37.3 Å². The molecule has 2 heterocycles. The molecule has 98 valence electrons. The highest BCUT2D eigenvalue weighted by Crippen LogP contribution is 1.99. The summed E-state index contributed by atoms with van der Waals surface area (Å²) < 4.78 is 3.65. The Morgan fingerprint density at radius 1 is 1.39 bits per heavy atom. The van der Waals surface area contributed by atoms with Gasteiger partial charge < -0.3 is 10.4 Å². The number of hydrogen-bond acceptors (Lipinski definition) is 4. The molecule has 0 radical (unpaired) electrons. The number of hydrogen-bond donors (Lipinski definition) is 2.